The van der Waals surface area contributed by atoms with Gasteiger partial charge in [0.2, 0.25) is 0 Å². The molecule has 1 saturated heterocycles. The maximum Gasteiger partial charge on any atom is 0.265 e. The zero-order chi connectivity index (χ0) is 18.5. The van der Waals surface area contributed by atoms with Crippen molar-refractivity contribution in [3.63, 3.8) is 0 Å². The van der Waals surface area contributed by atoms with Gasteiger partial charge in [-0.2, -0.15) is 0 Å². The minimum absolute atomic E-state index is 0.142. The van der Waals surface area contributed by atoms with E-state index in [0.29, 0.717) is 0 Å². The second-order valence-corrected chi connectivity index (χ2v) is 7.11. The Hall–Kier alpha value is -2.49. The number of anilines is 2. The van der Waals surface area contributed by atoms with Crippen molar-refractivity contribution in [1.82, 2.24) is 0 Å². The average molecular weight is 352 g/mol. The van der Waals surface area contributed by atoms with E-state index in [0.717, 1.165) is 35.7 Å². The van der Waals surface area contributed by atoms with Crippen LogP contribution in [0.25, 0.3) is 0 Å². The Balaban J connectivity index is 1.59. The molecule has 0 bridgehead atoms. The molecule has 2 aromatic rings. The van der Waals surface area contributed by atoms with Gasteiger partial charge in [0.25, 0.3) is 5.91 Å². The standard InChI is InChI=1S/C22H28N2O2/c1-16-7-8-17(2)21(15-16)26-18(3)22(25)23-19-9-11-20(12-10-19)24-13-5-4-6-14-24/h7-12,15,18H,4-6,13-14H2,1-3H3,(H,23,25)/t18-/m0/s1. The Bertz CT molecular complexity index is 749. The van der Waals surface area contributed by atoms with Crippen LogP contribution in [0.4, 0.5) is 11.4 Å². The lowest BCUT2D eigenvalue weighted by Gasteiger charge is -2.28. The molecule has 1 atom stereocenters. The Labute approximate surface area is 156 Å². The fourth-order valence-corrected chi connectivity index (χ4v) is 3.23. The number of carbonyl (C=O) groups excluding carboxylic acids is 1. The van der Waals surface area contributed by atoms with Crippen LogP contribution in [0.2, 0.25) is 0 Å². The highest BCUT2D eigenvalue weighted by Gasteiger charge is 2.16. The first-order valence-electron chi connectivity index (χ1n) is 9.43. The fourth-order valence-electron chi connectivity index (χ4n) is 3.23. The molecule has 0 saturated carbocycles. The van der Waals surface area contributed by atoms with Gasteiger partial charge < -0.3 is 15.0 Å². The van der Waals surface area contributed by atoms with Crippen LogP contribution in [-0.2, 0) is 4.79 Å². The van der Waals surface area contributed by atoms with Crippen LogP contribution in [0.1, 0.15) is 37.3 Å². The lowest BCUT2D eigenvalue weighted by molar-refractivity contribution is -0.122. The van der Waals surface area contributed by atoms with Crippen molar-refractivity contribution in [2.24, 2.45) is 0 Å². The highest BCUT2D eigenvalue weighted by atomic mass is 16.5. The summed E-state index contributed by atoms with van der Waals surface area (Å²) in [5.41, 5.74) is 4.17. The van der Waals surface area contributed by atoms with Crippen LogP contribution in [-0.4, -0.2) is 25.1 Å². The molecule has 0 aliphatic carbocycles. The summed E-state index contributed by atoms with van der Waals surface area (Å²) in [4.78, 5) is 14.9. The Morgan fingerprint density at radius 3 is 2.42 bits per heavy atom. The third-order valence-electron chi connectivity index (χ3n) is 4.87. The Kier molecular flexibility index (Phi) is 5.82. The molecule has 1 heterocycles. The van der Waals surface area contributed by atoms with Crippen molar-refractivity contribution in [1.29, 1.82) is 0 Å². The Morgan fingerprint density at radius 2 is 1.73 bits per heavy atom. The molecule has 1 N–H and O–H groups in total. The molecule has 0 aromatic heterocycles. The van der Waals surface area contributed by atoms with Gasteiger partial charge in [0.15, 0.2) is 6.10 Å². The molecule has 2 aromatic carbocycles. The first-order valence-corrected chi connectivity index (χ1v) is 9.43. The van der Waals surface area contributed by atoms with E-state index in [-0.39, 0.29) is 5.91 Å². The van der Waals surface area contributed by atoms with Crippen LogP contribution in [0.3, 0.4) is 0 Å². The van der Waals surface area contributed by atoms with E-state index >= 15 is 0 Å². The number of rotatable bonds is 5. The molecule has 4 heteroatoms. The largest absolute Gasteiger partial charge is 0.481 e. The quantitative estimate of drug-likeness (QED) is 0.848. The summed E-state index contributed by atoms with van der Waals surface area (Å²) in [6, 6.07) is 14.1. The minimum atomic E-state index is -0.558. The predicted octanol–water partition coefficient (Wildman–Crippen LogP) is 4.70. The van der Waals surface area contributed by atoms with Gasteiger partial charge >= 0.3 is 0 Å². The van der Waals surface area contributed by atoms with Gasteiger partial charge in [0.05, 0.1) is 0 Å². The van der Waals surface area contributed by atoms with Crippen molar-refractivity contribution >= 4 is 17.3 Å². The van der Waals surface area contributed by atoms with E-state index in [9.17, 15) is 4.79 Å². The van der Waals surface area contributed by atoms with Gasteiger partial charge in [0, 0.05) is 24.5 Å². The van der Waals surface area contributed by atoms with Gasteiger partial charge in [-0.05, 0) is 81.5 Å². The molecule has 138 valence electrons. The third kappa shape index (κ3) is 4.57. The molecular weight excluding hydrogens is 324 g/mol. The van der Waals surface area contributed by atoms with Gasteiger partial charge in [0.1, 0.15) is 5.75 Å². The van der Waals surface area contributed by atoms with E-state index in [1.54, 1.807) is 6.92 Å². The average Bonchev–Trinajstić information content (AvgIpc) is 2.66. The van der Waals surface area contributed by atoms with Crippen LogP contribution >= 0.6 is 0 Å². The van der Waals surface area contributed by atoms with Crippen LogP contribution < -0.4 is 15.0 Å². The normalized spacial score (nSPS) is 15.4. The first kappa shape index (κ1) is 18.3. The fraction of sp³-hybridized carbons (Fsp3) is 0.409. The number of nitrogens with zero attached hydrogens (tertiary/aromatic N) is 1. The molecule has 3 rings (SSSR count). The van der Waals surface area contributed by atoms with Crippen molar-refractivity contribution in [3.05, 3.63) is 53.6 Å². The Morgan fingerprint density at radius 1 is 1.04 bits per heavy atom. The predicted molar refractivity (Wildman–Crippen MR) is 107 cm³/mol. The molecule has 1 fully saturated rings. The number of aryl methyl sites for hydroxylation is 2. The zero-order valence-electron chi connectivity index (χ0n) is 15.9. The summed E-state index contributed by atoms with van der Waals surface area (Å²) >= 11 is 0. The van der Waals surface area contributed by atoms with Gasteiger partial charge in [-0.1, -0.05) is 12.1 Å². The van der Waals surface area contributed by atoms with Gasteiger partial charge in [-0.3, -0.25) is 4.79 Å². The number of piperidine rings is 1. The first-order chi connectivity index (χ1) is 12.5. The number of nitrogens with one attached hydrogen (secondary N) is 1. The van der Waals surface area contributed by atoms with Crippen molar-refractivity contribution in [2.45, 2.75) is 46.1 Å². The highest BCUT2D eigenvalue weighted by Crippen LogP contribution is 2.23. The molecule has 0 radical (unpaired) electrons. The number of benzene rings is 2. The summed E-state index contributed by atoms with van der Waals surface area (Å²) in [5.74, 6) is 0.615. The second kappa shape index (κ2) is 8.26. The van der Waals surface area contributed by atoms with Gasteiger partial charge in [-0.15, -0.1) is 0 Å². The zero-order valence-corrected chi connectivity index (χ0v) is 15.9. The van der Waals surface area contributed by atoms with Crippen molar-refractivity contribution in [2.75, 3.05) is 23.3 Å². The van der Waals surface area contributed by atoms with Crippen molar-refractivity contribution < 1.29 is 9.53 Å². The molecule has 4 nitrogen and oxygen atoms in total. The molecule has 1 aliphatic heterocycles. The minimum Gasteiger partial charge on any atom is -0.481 e. The topological polar surface area (TPSA) is 41.6 Å². The maximum atomic E-state index is 12.5. The lowest BCUT2D eigenvalue weighted by Crippen LogP contribution is -2.30. The molecule has 26 heavy (non-hydrogen) atoms. The van der Waals surface area contributed by atoms with E-state index < -0.39 is 6.10 Å². The third-order valence-corrected chi connectivity index (χ3v) is 4.87. The van der Waals surface area contributed by atoms with E-state index in [2.05, 4.69) is 22.3 Å². The number of hydrogen-bond acceptors (Lipinski definition) is 3. The lowest BCUT2D eigenvalue weighted by atomic mass is 10.1. The maximum absolute atomic E-state index is 12.5. The molecule has 0 spiro atoms. The second-order valence-electron chi connectivity index (χ2n) is 7.11. The molecule has 0 unspecified atom stereocenters. The molecule has 1 amide bonds. The summed E-state index contributed by atoms with van der Waals surface area (Å²) < 4.78 is 5.86. The summed E-state index contributed by atoms with van der Waals surface area (Å²) in [6.45, 7) is 8.01. The summed E-state index contributed by atoms with van der Waals surface area (Å²) in [6.07, 6.45) is 3.28. The van der Waals surface area contributed by atoms with E-state index in [4.69, 9.17) is 4.74 Å². The van der Waals surface area contributed by atoms with Crippen LogP contribution in [0, 0.1) is 13.8 Å². The number of ether oxygens (including phenoxy) is 1. The molecular formula is C22H28N2O2. The molecule has 1 aliphatic rings. The SMILES string of the molecule is Cc1ccc(C)c(O[C@@H](C)C(=O)Nc2ccc(N3CCCCC3)cc2)c1. The monoisotopic (exact) mass is 352 g/mol. The number of carbonyl (C=O) groups is 1. The van der Waals surface area contributed by atoms with Gasteiger partial charge in [-0.25, -0.2) is 0 Å². The number of hydrogen-bond donors (Lipinski definition) is 1. The summed E-state index contributed by atoms with van der Waals surface area (Å²) in [7, 11) is 0. The van der Waals surface area contributed by atoms with Crippen LogP contribution in [0.5, 0.6) is 5.75 Å². The van der Waals surface area contributed by atoms with Crippen LogP contribution in [0.15, 0.2) is 42.5 Å². The van der Waals surface area contributed by atoms with Crippen molar-refractivity contribution in [3.8, 4) is 5.75 Å². The van der Waals surface area contributed by atoms with E-state index in [1.165, 1.54) is 24.9 Å². The highest BCUT2D eigenvalue weighted by molar-refractivity contribution is 5.94. The van der Waals surface area contributed by atoms with E-state index in [1.807, 2.05) is 44.2 Å². The number of amides is 1. The smallest absolute Gasteiger partial charge is 0.265 e. The summed E-state index contributed by atoms with van der Waals surface area (Å²) in [5, 5.41) is 2.94.